The Morgan fingerprint density at radius 1 is 1.57 bits per heavy atom. The summed E-state index contributed by atoms with van der Waals surface area (Å²) < 4.78 is 18.7. The second kappa shape index (κ2) is 8.75. The van der Waals surface area contributed by atoms with E-state index < -0.39 is 6.72 Å². The molecule has 1 rings (SSSR count). The van der Waals surface area contributed by atoms with Gasteiger partial charge in [-0.05, 0) is 64.7 Å². The van der Waals surface area contributed by atoms with Crippen molar-refractivity contribution < 1.29 is 9.09 Å². The molecule has 0 spiro atoms. The highest BCUT2D eigenvalue weighted by atomic mass is 79.9. The number of rotatable bonds is 6. The van der Waals surface area contributed by atoms with E-state index >= 15 is 0 Å². The topological polar surface area (TPSA) is 50.4 Å². The van der Waals surface area contributed by atoms with E-state index in [1.807, 2.05) is 13.8 Å². The maximum Gasteiger partial charge on any atom is 0.353 e. The van der Waals surface area contributed by atoms with Crippen molar-refractivity contribution >= 4 is 68.7 Å². The molecule has 0 aromatic heterocycles. The summed E-state index contributed by atoms with van der Waals surface area (Å²) >= 11 is 15.7. The number of halogens is 2. The van der Waals surface area contributed by atoms with Gasteiger partial charge in [-0.15, -0.1) is 0 Å². The number of benzene rings is 1. The van der Waals surface area contributed by atoms with Crippen LogP contribution in [-0.4, -0.2) is 17.0 Å². The van der Waals surface area contributed by atoms with E-state index in [1.165, 1.54) is 11.4 Å². The lowest BCUT2D eigenvalue weighted by Gasteiger charge is -2.21. The van der Waals surface area contributed by atoms with E-state index in [0.717, 1.165) is 10.2 Å². The summed E-state index contributed by atoms with van der Waals surface area (Å²) in [7, 11) is 0. The fourth-order valence-corrected chi connectivity index (χ4v) is 6.80. The molecule has 1 unspecified atom stereocenters. The highest BCUT2D eigenvalue weighted by molar-refractivity contribution is 9.10. The van der Waals surface area contributed by atoms with Crippen molar-refractivity contribution in [2.45, 2.75) is 26.0 Å². The lowest BCUT2D eigenvalue weighted by molar-refractivity contribution is 0.343. The van der Waals surface area contributed by atoms with Gasteiger partial charge in [-0.3, -0.25) is 9.65 Å². The van der Waals surface area contributed by atoms with Gasteiger partial charge >= 0.3 is 6.72 Å². The Morgan fingerprint density at radius 2 is 2.24 bits per heavy atom. The minimum Gasteiger partial charge on any atom is -0.331 e. The van der Waals surface area contributed by atoms with Crippen LogP contribution >= 0.6 is 57.9 Å². The van der Waals surface area contributed by atoms with Gasteiger partial charge in [0.05, 0.1) is 12.3 Å². The van der Waals surface area contributed by atoms with Gasteiger partial charge in [-0.25, -0.2) is 0 Å². The molecule has 0 aliphatic carbocycles. The SMILES string of the molecule is CCOP(=O)(NC(=S)Nc1ccc(Cl)cc1Br)SC(C)C. The van der Waals surface area contributed by atoms with Crippen LogP contribution in [0.4, 0.5) is 5.69 Å². The average molecular weight is 432 g/mol. The van der Waals surface area contributed by atoms with Crippen LogP contribution in [0.2, 0.25) is 5.02 Å². The van der Waals surface area contributed by atoms with Crippen molar-refractivity contribution in [1.82, 2.24) is 5.09 Å². The van der Waals surface area contributed by atoms with Crippen LogP contribution in [0.5, 0.6) is 0 Å². The normalized spacial score (nSPS) is 13.8. The minimum atomic E-state index is -3.07. The molecule has 4 nitrogen and oxygen atoms in total. The smallest absolute Gasteiger partial charge is 0.331 e. The van der Waals surface area contributed by atoms with E-state index in [-0.39, 0.29) is 10.4 Å². The van der Waals surface area contributed by atoms with Crippen LogP contribution in [0.15, 0.2) is 22.7 Å². The standard InChI is InChI=1S/C12H17BrClN2O2PS2/c1-4-18-19(17,21-8(2)3)16-12(20)15-11-6-5-9(14)7-10(11)13/h5-8H,4H2,1-3H3,(H2,15,16,17,20). The summed E-state index contributed by atoms with van der Waals surface area (Å²) in [6.45, 7) is 2.96. The summed E-state index contributed by atoms with van der Waals surface area (Å²) in [4.78, 5) is 0. The fourth-order valence-electron chi connectivity index (χ4n) is 1.40. The quantitative estimate of drug-likeness (QED) is 0.447. The summed E-state index contributed by atoms with van der Waals surface area (Å²) in [5, 5.41) is 6.76. The molecule has 118 valence electrons. The first-order valence-corrected chi connectivity index (χ1v) is 10.9. The predicted octanol–water partition coefficient (Wildman–Crippen LogP) is 5.68. The van der Waals surface area contributed by atoms with Gasteiger partial charge in [0.1, 0.15) is 0 Å². The number of anilines is 1. The molecule has 0 saturated carbocycles. The van der Waals surface area contributed by atoms with E-state index in [9.17, 15) is 4.57 Å². The third-order valence-corrected chi connectivity index (χ3v) is 7.80. The second-order valence-electron chi connectivity index (χ2n) is 4.26. The second-order valence-corrected chi connectivity index (χ2v) is 10.7. The van der Waals surface area contributed by atoms with Gasteiger partial charge in [-0.1, -0.05) is 25.4 Å². The van der Waals surface area contributed by atoms with E-state index in [1.54, 1.807) is 25.1 Å². The molecule has 9 heteroatoms. The molecule has 0 aliphatic rings. The third kappa shape index (κ3) is 6.89. The van der Waals surface area contributed by atoms with Gasteiger partial charge < -0.3 is 9.84 Å². The van der Waals surface area contributed by atoms with Crippen LogP contribution in [0.3, 0.4) is 0 Å². The summed E-state index contributed by atoms with van der Waals surface area (Å²) in [6, 6.07) is 5.27. The first-order chi connectivity index (χ1) is 9.75. The summed E-state index contributed by atoms with van der Waals surface area (Å²) in [5.41, 5.74) is 0.731. The predicted molar refractivity (Wildman–Crippen MR) is 100 cm³/mol. The zero-order valence-corrected chi connectivity index (χ0v) is 16.7. The molecule has 1 atom stereocenters. The average Bonchev–Trinajstić information content (AvgIpc) is 2.31. The van der Waals surface area contributed by atoms with Crippen molar-refractivity contribution in [3.63, 3.8) is 0 Å². The first-order valence-electron chi connectivity index (χ1n) is 6.23. The zero-order chi connectivity index (χ0) is 16.0. The monoisotopic (exact) mass is 430 g/mol. The Morgan fingerprint density at radius 3 is 2.76 bits per heavy atom. The van der Waals surface area contributed by atoms with Crippen LogP contribution in [0.1, 0.15) is 20.8 Å². The molecule has 1 aromatic rings. The first kappa shape index (κ1) is 19.3. The molecule has 2 N–H and O–H groups in total. The minimum absolute atomic E-state index is 0.153. The number of hydrogen-bond donors (Lipinski definition) is 2. The van der Waals surface area contributed by atoms with Crippen LogP contribution < -0.4 is 10.4 Å². The fraction of sp³-hybridized carbons (Fsp3) is 0.417. The zero-order valence-electron chi connectivity index (χ0n) is 11.9. The van der Waals surface area contributed by atoms with Crippen molar-refractivity contribution in [2.75, 3.05) is 11.9 Å². The molecule has 0 saturated heterocycles. The Balaban J connectivity index is 2.76. The lowest BCUT2D eigenvalue weighted by Crippen LogP contribution is -2.26. The van der Waals surface area contributed by atoms with Crippen LogP contribution in [0.25, 0.3) is 0 Å². The van der Waals surface area contributed by atoms with Gasteiger partial charge in [0.2, 0.25) is 0 Å². The highest BCUT2D eigenvalue weighted by Crippen LogP contribution is 2.57. The van der Waals surface area contributed by atoms with Crippen molar-refractivity contribution in [2.24, 2.45) is 0 Å². The van der Waals surface area contributed by atoms with Gasteiger partial charge in [0.25, 0.3) is 0 Å². The van der Waals surface area contributed by atoms with E-state index in [0.29, 0.717) is 11.6 Å². The largest absolute Gasteiger partial charge is 0.353 e. The third-order valence-electron chi connectivity index (χ3n) is 2.07. The van der Waals surface area contributed by atoms with Crippen molar-refractivity contribution in [3.05, 3.63) is 27.7 Å². The van der Waals surface area contributed by atoms with Crippen molar-refractivity contribution in [1.29, 1.82) is 0 Å². The Labute approximate surface area is 148 Å². The van der Waals surface area contributed by atoms with Crippen LogP contribution in [0, 0.1) is 0 Å². The molecule has 0 radical (unpaired) electrons. The highest BCUT2D eigenvalue weighted by Gasteiger charge is 2.26. The Kier molecular flexibility index (Phi) is 8.03. The van der Waals surface area contributed by atoms with Gasteiger partial charge in [0.15, 0.2) is 5.11 Å². The maximum absolute atomic E-state index is 12.6. The Hall–Kier alpha value is 0.220. The lowest BCUT2D eigenvalue weighted by atomic mass is 10.3. The number of hydrogen-bond acceptors (Lipinski definition) is 4. The van der Waals surface area contributed by atoms with Gasteiger partial charge in [0, 0.05) is 14.7 Å². The molecule has 0 fully saturated rings. The Bertz CT molecular complexity index is 560. The molecular weight excluding hydrogens is 415 g/mol. The number of thiocarbonyl (C=S) groups is 1. The van der Waals surface area contributed by atoms with Crippen molar-refractivity contribution in [3.8, 4) is 0 Å². The van der Waals surface area contributed by atoms with Gasteiger partial charge in [-0.2, -0.15) is 0 Å². The summed E-state index contributed by atoms with van der Waals surface area (Å²) in [6.07, 6.45) is 0. The van der Waals surface area contributed by atoms with Crippen LogP contribution in [-0.2, 0) is 9.09 Å². The number of nitrogens with one attached hydrogen (secondary N) is 2. The van der Waals surface area contributed by atoms with E-state index in [2.05, 4.69) is 26.3 Å². The molecule has 0 amide bonds. The molecule has 0 heterocycles. The molecule has 21 heavy (non-hydrogen) atoms. The van der Waals surface area contributed by atoms with E-state index in [4.69, 9.17) is 28.3 Å². The molecular formula is C12H17BrClN2O2PS2. The molecule has 0 bridgehead atoms. The molecule has 0 aliphatic heterocycles. The maximum atomic E-state index is 12.6. The molecule has 1 aromatic carbocycles. The summed E-state index contributed by atoms with van der Waals surface area (Å²) in [5.74, 6) is 0.